The summed E-state index contributed by atoms with van der Waals surface area (Å²) in [6.07, 6.45) is 2.86. The van der Waals surface area contributed by atoms with Crippen molar-refractivity contribution in [2.45, 2.75) is 52.4 Å². The summed E-state index contributed by atoms with van der Waals surface area (Å²) in [5.74, 6) is 0.407. The summed E-state index contributed by atoms with van der Waals surface area (Å²) >= 11 is 0. The third kappa shape index (κ3) is 5.26. The number of amides is 1. The SMILES string of the molecule is COc1cc(/C=C/C(=O)O[C@@H](C)C(=O)N2c3ccccc3C[C@H]2C)ccc1OC(C)C. The standard InChI is InChI=1S/C25H29NO5/c1-16(2)30-22-12-10-19(15-23(22)29-5)11-13-24(27)31-18(4)25(28)26-17(3)14-20-8-6-7-9-21(20)26/h6-13,15-18H,14H2,1-5H3/b13-11+/t17-,18+/m1/s1. The topological polar surface area (TPSA) is 65.1 Å². The molecule has 2 aromatic rings. The molecule has 0 bridgehead atoms. The van der Waals surface area contributed by atoms with E-state index in [0.717, 1.165) is 23.2 Å². The molecule has 1 heterocycles. The number of benzene rings is 2. The number of methoxy groups -OCH3 is 1. The van der Waals surface area contributed by atoms with E-state index in [4.69, 9.17) is 14.2 Å². The zero-order valence-electron chi connectivity index (χ0n) is 18.6. The van der Waals surface area contributed by atoms with E-state index in [-0.39, 0.29) is 18.1 Å². The number of esters is 1. The first-order chi connectivity index (χ1) is 14.8. The molecule has 31 heavy (non-hydrogen) atoms. The van der Waals surface area contributed by atoms with Crippen molar-refractivity contribution in [3.63, 3.8) is 0 Å². The first-order valence-electron chi connectivity index (χ1n) is 10.4. The molecule has 0 saturated heterocycles. The molecule has 2 atom stereocenters. The van der Waals surface area contributed by atoms with Crippen LogP contribution in [0.15, 0.2) is 48.5 Å². The summed E-state index contributed by atoms with van der Waals surface area (Å²) < 4.78 is 16.4. The van der Waals surface area contributed by atoms with Gasteiger partial charge in [0.1, 0.15) is 0 Å². The molecule has 1 aliphatic rings. The lowest BCUT2D eigenvalue weighted by atomic mass is 10.1. The molecular weight excluding hydrogens is 394 g/mol. The molecule has 0 saturated carbocycles. The number of nitrogens with zero attached hydrogens (tertiary/aromatic N) is 1. The normalized spacial score (nSPS) is 16.3. The maximum Gasteiger partial charge on any atom is 0.331 e. The number of para-hydroxylation sites is 1. The van der Waals surface area contributed by atoms with Crippen molar-refractivity contribution in [3.05, 3.63) is 59.7 Å². The van der Waals surface area contributed by atoms with Gasteiger partial charge in [0.05, 0.1) is 13.2 Å². The maximum atomic E-state index is 12.9. The molecule has 0 N–H and O–H groups in total. The summed E-state index contributed by atoms with van der Waals surface area (Å²) in [4.78, 5) is 27.0. The quantitative estimate of drug-likeness (QED) is 0.488. The van der Waals surface area contributed by atoms with Gasteiger partial charge >= 0.3 is 5.97 Å². The Hall–Kier alpha value is -3.28. The Morgan fingerprint density at radius 1 is 1.10 bits per heavy atom. The third-order valence-corrected chi connectivity index (χ3v) is 5.05. The van der Waals surface area contributed by atoms with Gasteiger partial charge in [-0.25, -0.2) is 4.79 Å². The van der Waals surface area contributed by atoms with E-state index in [9.17, 15) is 9.59 Å². The summed E-state index contributed by atoms with van der Waals surface area (Å²) in [6, 6.07) is 13.2. The first kappa shape index (κ1) is 22.4. The van der Waals surface area contributed by atoms with Crippen LogP contribution in [0, 0.1) is 0 Å². The van der Waals surface area contributed by atoms with E-state index < -0.39 is 12.1 Å². The van der Waals surface area contributed by atoms with E-state index >= 15 is 0 Å². The molecule has 3 rings (SSSR count). The van der Waals surface area contributed by atoms with Crippen LogP contribution in [0.1, 0.15) is 38.8 Å². The van der Waals surface area contributed by atoms with Gasteiger partial charge in [-0.2, -0.15) is 0 Å². The molecule has 164 valence electrons. The molecule has 0 aliphatic carbocycles. The second kappa shape index (κ2) is 9.69. The number of carbonyl (C=O) groups is 2. The average molecular weight is 424 g/mol. The van der Waals surface area contributed by atoms with Crippen molar-refractivity contribution in [1.82, 2.24) is 0 Å². The van der Waals surface area contributed by atoms with Crippen molar-refractivity contribution >= 4 is 23.6 Å². The maximum absolute atomic E-state index is 12.9. The molecule has 2 aromatic carbocycles. The van der Waals surface area contributed by atoms with Gasteiger partial charge in [-0.05, 0) is 69.5 Å². The van der Waals surface area contributed by atoms with E-state index in [0.29, 0.717) is 11.5 Å². The first-order valence-corrected chi connectivity index (χ1v) is 10.4. The Labute approximate surface area is 183 Å². The van der Waals surface area contributed by atoms with Gasteiger partial charge in [0.25, 0.3) is 5.91 Å². The lowest BCUT2D eigenvalue weighted by Gasteiger charge is -2.25. The molecule has 6 heteroatoms. The van der Waals surface area contributed by atoms with E-state index in [1.165, 1.54) is 6.08 Å². The number of ether oxygens (including phenoxy) is 3. The molecule has 0 aromatic heterocycles. The fraction of sp³-hybridized carbons (Fsp3) is 0.360. The fourth-order valence-electron chi connectivity index (χ4n) is 3.66. The minimum atomic E-state index is -0.887. The highest BCUT2D eigenvalue weighted by molar-refractivity contribution is 6.00. The van der Waals surface area contributed by atoms with Crippen LogP contribution in [0.3, 0.4) is 0 Å². The second-order valence-electron chi connectivity index (χ2n) is 7.88. The molecule has 1 aliphatic heterocycles. The predicted molar refractivity (Wildman–Crippen MR) is 120 cm³/mol. The van der Waals surface area contributed by atoms with Crippen LogP contribution in [0.5, 0.6) is 11.5 Å². The van der Waals surface area contributed by atoms with E-state index in [1.54, 1.807) is 37.1 Å². The average Bonchev–Trinajstić information content (AvgIpc) is 3.07. The van der Waals surface area contributed by atoms with Crippen molar-refractivity contribution in [3.8, 4) is 11.5 Å². The van der Waals surface area contributed by atoms with Crippen molar-refractivity contribution < 1.29 is 23.8 Å². The molecular formula is C25H29NO5. The minimum absolute atomic E-state index is 0.0228. The zero-order valence-corrected chi connectivity index (χ0v) is 18.6. The third-order valence-electron chi connectivity index (χ3n) is 5.05. The molecule has 0 radical (unpaired) electrons. The van der Waals surface area contributed by atoms with Crippen LogP contribution in [0.25, 0.3) is 6.08 Å². The molecule has 6 nitrogen and oxygen atoms in total. The highest BCUT2D eigenvalue weighted by atomic mass is 16.5. The van der Waals surface area contributed by atoms with Gasteiger partial charge in [0.15, 0.2) is 17.6 Å². The van der Waals surface area contributed by atoms with E-state index in [2.05, 4.69) is 0 Å². The lowest BCUT2D eigenvalue weighted by Crippen LogP contribution is -2.43. The molecule has 1 amide bonds. The van der Waals surface area contributed by atoms with E-state index in [1.807, 2.05) is 51.1 Å². The minimum Gasteiger partial charge on any atom is -0.493 e. The Balaban J connectivity index is 1.64. The number of carbonyl (C=O) groups excluding carboxylic acids is 2. The lowest BCUT2D eigenvalue weighted by molar-refractivity contribution is -0.149. The van der Waals surface area contributed by atoms with Crippen molar-refractivity contribution in [2.75, 3.05) is 12.0 Å². The smallest absolute Gasteiger partial charge is 0.331 e. The van der Waals surface area contributed by atoms with Crippen LogP contribution >= 0.6 is 0 Å². The largest absolute Gasteiger partial charge is 0.493 e. The van der Waals surface area contributed by atoms with Crippen molar-refractivity contribution in [1.29, 1.82) is 0 Å². The molecule has 0 unspecified atom stereocenters. The number of hydrogen-bond donors (Lipinski definition) is 0. The van der Waals surface area contributed by atoms with Gasteiger partial charge < -0.3 is 19.1 Å². The predicted octanol–water partition coefficient (Wildman–Crippen LogP) is 4.41. The van der Waals surface area contributed by atoms with Crippen LogP contribution in [-0.4, -0.2) is 37.2 Å². The summed E-state index contributed by atoms with van der Waals surface area (Å²) in [7, 11) is 1.56. The Morgan fingerprint density at radius 2 is 1.84 bits per heavy atom. The van der Waals surface area contributed by atoms with Gasteiger partial charge in [0.2, 0.25) is 0 Å². The van der Waals surface area contributed by atoms with Gasteiger partial charge in [-0.3, -0.25) is 4.79 Å². The Morgan fingerprint density at radius 3 is 2.55 bits per heavy atom. The van der Waals surface area contributed by atoms with Gasteiger partial charge in [-0.15, -0.1) is 0 Å². The van der Waals surface area contributed by atoms with Gasteiger partial charge in [0, 0.05) is 17.8 Å². The van der Waals surface area contributed by atoms with Crippen LogP contribution in [-0.2, 0) is 20.7 Å². The molecule has 0 spiro atoms. The van der Waals surface area contributed by atoms with Crippen molar-refractivity contribution in [2.24, 2.45) is 0 Å². The van der Waals surface area contributed by atoms with Crippen LogP contribution < -0.4 is 14.4 Å². The van der Waals surface area contributed by atoms with Crippen LogP contribution in [0.4, 0.5) is 5.69 Å². The second-order valence-corrected chi connectivity index (χ2v) is 7.88. The highest BCUT2D eigenvalue weighted by Gasteiger charge is 2.34. The summed E-state index contributed by atoms with van der Waals surface area (Å²) in [6.45, 7) is 7.47. The Bertz CT molecular complexity index is 982. The monoisotopic (exact) mass is 423 g/mol. The summed E-state index contributed by atoms with van der Waals surface area (Å²) in [5, 5.41) is 0. The fourth-order valence-corrected chi connectivity index (χ4v) is 3.66. The Kier molecular flexibility index (Phi) is 7.00. The molecule has 0 fully saturated rings. The highest BCUT2D eigenvalue weighted by Crippen LogP contribution is 2.32. The summed E-state index contributed by atoms with van der Waals surface area (Å²) in [5.41, 5.74) is 2.76. The zero-order chi connectivity index (χ0) is 22.5. The van der Waals surface area contributed by atoms with Gasteiger partial charge in [-0.1, -0.05) is 24.3 Å². The van der Waals surface area contributed by atoms with Crippen LogP contribution in [0.2, 0.25) is 0 Å². The number of hydrogen-bond acceptors (Lipinski definition) is 5. The number of fused-ring (bicyclic) bond motifs is 1. The number of rotatable bonds is 7. The number of anilines is 1.